The zero-order valence-corrected chi connectivity index (χ0v) is 20.6. The molecule has 0 bridgehead atoms. The number of thioether (sulfide) groups is 1. The highest BCUT2D eigenvalue weighted by Gasteiger charge is 2.28. The third kappa shape index (κ3) is 7.74. The molecule has 7 heteroatoms. The molecule has 0 aromatic heterocycles. The van der Waals surface area contributed by atoms with Crippen molar-refractivity contribution in [1.82, 2.24) is 10.2 Å². The van der Waals surface area contributed by atoms with Crippen molar-refractivity contribution < 1.29 is 9.59 Å². The van der Waals surface area contributed by atoms with Gasteiger partial charge < -0.3 is 10.2 Å². The second-order valence-corrected chi connectivity index (χ2v) is 9.22. The van der Waals surface area contributed by atoms with Gasteiger partial charge in [-0.3, -0.25) is 9.59 Å². The fourth-order valence-corrected chi connectivity index (χ4v) is 4.93. The SMILES string of the molecule is CCCNC(=O)[C@@H](CC)N(Cc1cccc(C)c1)C(=O)CSCc1c(Cl)cccc1Cl. The normalized spacial score (nSPS) is 11.8. The summed E-state index contributed by atoms with van der Waals surface area (Å²) in [7, 11) is 0. The molecule has 0 saturated heterocycles. The van der Waals surface area contributed by atoms with Crippen LogP contribution in [0.5, 0.6) is 0 Å². The van der Waals surface area contributed by atoms with Gasteiger partial charge in [0.1, 0.15) is 6.04 Å². The maximum atomic E-state index is 13.2. The highest BCUT2D eigenvalue weighted by atomic mass is 35.5. The van der Waals surface area contributed by atoms with Gasteiger partial charge in [0.05, 0.1) is 5.75 Å². The topological polar surface area (TPSA) is 49.4 Å². The summed E-state index contributed by atoms with van der Waals surface area (Å²) in [5, 5.41) is 4.12. The highest BCUT2D eigenvalue weighted by molar-refractivity contribution is 7.99. The minimum absolute atomic E-state index is 0.0758. The van der Waals surface area contributed by atoms with Crippen LogP contribution in [0.25, 0.3) is 0 Å². The first-order valence-electron chi connectivity index (χ1n) is 10.5. The summed E-state index contributed by atoms with van der Waals surface area (Å²) in [4.78, 5) is 27.7. The van der Waals surface area contributed by atoms with Crippen molar-refractivity contribution in [3.05, 3.63) is 69.2 Å². The number of amides is 2. The predicted molar refractivity (Wildman–Crippen MR) is 132 cm³/mol. The van der Waals surface area contributed by atoms with Gasteiger partial charge in [0, 0.05) is 28.9 Å². The number of hydrogen-bond acceptors (Lipinski definition) is 3. The Balaban J connectivity index is 2.15. The van der Waals surface area contributed by atoms with E-state index >= 15 is 0 Å². The monoisotopic (exact) mass is 480 g/mol. The fourth-order valence-electron chi connectivity index (χ4n) is 3.29. The summed E-state index contributed by atoms with van der Waals surface area (Å²) in [5.41, 5.74) is 2.95. The van der Waals surface area contributed by atoms with Gasteiger partial charge in [-0.1, -0.05) is 72.9 Å². The van der Waals surface area contributed by atoms with Crippen LogP contribution in [0.15, 0.2) is 42.5 Å². The zero-order valence-electron chi connectivity index (χ0n) is 18.3. The van der Waals surface area contributed by atoms with Gasteiger partial charge in [0.2, 0.25) is 11.8 Å². The van der Waals surface area contributed by atoms with E-state index in [1.165, 1.54) is 11.8 Å². The van der Waals surface area contributed by atoms with E-state index in [1.807, 2.05) is 45.0 Å². The Morgan fingerprint density at radius 1 is 1.10 bits per heavy atom. The molecular weight excluding hydrogens is 451 g/mol. The number of halogens is 2. The van der Waals surface area contributed by atoms with Crippen LogP contribution in [0.3, 0.4) is 0 Å². The van der Waals surface area contributed by atoms with Gasteiger partial charge >= 0.3 is 0 Å². The molecule has 2 amide bonds. The largest absolute Gasteiger partial charge is 0.354 e. The van der Waals surface area contributed by atoms with E-state index in [0.717, 1.165) is 23.1 Å². The van der Waals surface area contributed by atoms with Crippen LogP contribution in [-0.2, 0) is 21.9 Å². The molecule has 0 radical (unpaired) electrons. The number of carbonyl (C=O) groups excluding carboxylic acids is 2. The first-order chi connectivity index (χ1) is 14.9. The summed E-state index contributed by atoms with van der Waals surface area (Å²) >= 11 is 13.9. The molecule has 0 aliphatic heterocycles. The molecule has 0 fully saturated rings. The molecule has 2 aromatic carbocycles. The van der Waals surface area contributed by atoms with Gasteiger partial charge in [0.15, 0.2) is 0 Å². The average molecular weight is 481 g/mol. The van der Waals surface area contributed by atoms with E-state index in [4.69, 9.17) is 23.2 Å². The molecule has 0 unspecified atom stereocenters. The lowest BCUT2D eigenvalue weighted by molar-refractivity contribution is -0.139. The molecule has 0 saturated carbocycles. The number of hydrogen-bond donors (Lipinski definition) is 1. The van der Waals surface area contributed by atoms with Crippen LogP contribution in [-0.4, -0.2) is 35.1 Å². The second-order valence-electron chi connectivity index (χ2n) is 7.42. The predicted octanol–water partition coefficient (Wildman–Crippen LogP) is 5.87. The van der Waals surface area contributed by atoms with E-state index in [-0.39, 0.29) is 17.6 Å². The molecule has 1 atom stereocenters. The standard InChI is InChI=1S/C24H30Cl2N2O2S/c1-4-12-27-24(30)22(5-2)28(14-18-9-6-8-17(3)13-18)23(29)16-31-15-19-20(25)10-7-11-21(19)26/h6-11,13,22H,4-5,12,14-16H2,1-3H3,(H,27,30)/t22-/m1/s1. The minimum Gasteiger partial charge on any atom is -0.354 e. The van der Waals surface area contributed by atoms with Crippen molar-refractivity contribution in [3.8, 4) is 0 Å². The maximum absolute atomic E-state index is 13.2. The van der Waals surface area contributed by atoms with Crippen LogP contribution in [0.4, 0.5) is 0 Å². The van der Waals surface area contributed by atoms with Gasteiger partial charge in [-0.05, 0) is 43.0 Å². The maximum Gasteiger partial charge on any atom is 0.242 e. The summed E-state index contributed by atoms with van der Waals surface area (Å²) in [6.07, 6.45) is 1.40. The Labute approximate surface area is 199 Å². The summed E-state index contributed by atoms with van der Waals surface area (Å²) in [6.45, 7) is 6.95. The first-order valence-corrected chi connectivity index (χ1v) is 12.4. The molecule has 1 N–H and O–H groups in total. The number of nitrogens with zero attached hydrogens (tertiary/aromatic N) is 1. The molecule has 2 rings (SSSR count). The van der Waals surface area contributed by atoms with Crippen molar-refractivity contribution >= 4 is 46.8 Å². The first kappa shape index (κ1) is 25.6. The lowest BCUT2D eigenvalue weighted by Crippen LogP contribution is -2.49. The van der Waals surface area contributed by atoms with Crippen LogP contribution in [0.2, 0.25) is 10.0 Å². The molecule has 4 nitrogen and oxygen atoms in total. The van der Waals surface area contributed by atoms with Crippen molar-refractivity contribution in [1.29, 1.82) is 0 Å². The summed E-state index contributed by atoms with van der Waals surface area (Å²) in [5.74, 6) is 0.587. The van der Waals surface area contributed by atoms with Crippen molar-refractivity contribution in [2.24, 2.45) is 0 Å². The Morgan fingerprint density at radius 3 is 2.39 bits per heavy atom. The van der Waals surface area contributed by atoms with E-state index < -0.39 is 6.04 Å². The number of benzene rings is 2. The van der Waals surface area contributed by atoms with Gasteiger partial charge in [-0.15, -0.1) is 11.8 Å². The average Bonchev–Trinajstić information content (AvgIpc) is 2.74. The summed E-state index contributed by atoms with van der Waals surface area (Å²) in [6, 6.07) is 12.9. The van der Waals surface area contributed by atoms with Crippen LogP contribution < -0.4 is 5.32 Å². The number of aryl methyl sites for hydroxylation is 1. The van der Waals surface area contributed by atoms with Crippen LogP contribution in [0.1, 0.15) is 43.4 Å². The second kappa shape index (κ2) is 13.0. The van der Waals surface area contributed by atoms with Crippen molar-refractivity contribution in [3.63, 3.8) is 0 Å². The molecule has 0 spiro atoms. The Bertz CT molecular complexity index is 871. The van der Waals surface area contributed by atoms with E-state index in [1.54, 1.807) is 23.1 Å². The molecule has 2 aromatic rings. The van der Waals surface area contributed by atoms with E-state index in [0.29, 0.717) is 35.3 Å². The molecule has 0 aliphatic carbocycles. The van der Waals surface area contributed by atoms with Crippen LogP contribution in [0, 0.1) is 6.92 Å². The fraction of sp³-hybridized carbons (Fsp3) is 0.417. The third-order valence-corrected chi connectivity index (χ3v) is 6.56. The molecule has 0 aliphatic rings. The zero-order chi connectivity index (χ0) is 22.8. The van der Waals surface area contributed by atoms with Crippen molar-refractivity contribution in [2.75, 3.05) is 12.3 Å². The lowest BCUT2D eigenvalue weighted by atomic mass is 10.1. The number of rotatable bonds is 11. The van der Waals surface area contributed by atoms with E-state index in [2.05, 4.69) is 5.32 Å². The molecular formula is C24H30Cl2N2O2S. The number of nitrogens with one attached hydrogen (secondary N) is 1. The highest BCUT2D eigenvalue weighted by Crippen LogP contribution is 2.28. The van der Waals surface area contributed by atoms with Gasteiger partial charge in [-0.2, -0.15) is 0 Å². The van der Waals surface area contributed by atoms with Gasteiger partial charge in [-0.25, -0.2) is 0 Å². The minimum atomic E-state index is -0.510. The van der Waals surface area contributed by atoms with E-state index in [9.17, 15) is 9.59 Å². The number of carbonyl (C=O) groups is 2. The molecule has 0 heterocycles. The Hall–Kier alpha value is -1.69. The third-order valence-electron chi connectivity index (χ3n) is 4.90. The van der Waals surface area contributed by atoms with Crippen LogP contribution >= 0.6 is 35.0 Å². The Morgan fingerprint density at radius 2 is 1.77 bits per heavy atom. The van der Waals surface area contributed by atoms with Crippen molar-refractivity contribution in [2.45, 2.75) is 52.0 Å². The summed E-state index contributed by atoms with van der Waals surface area (Å²) < 4.78 is 0. The van der Waals surface area contributed by atoms with Gasteiger partial charge in [0.25, 0.3) is 0 Å². The smallest absolute Gasteiger partial charge is 0.242 e. The quantitative estimate of drug-likeness (QED) is 0.437. The Kier molecular flexibility index (Phi) is 10.7. The molecule has 168 valence electrons. The molecule has 31 heavy (non-hydrogen) atoms. The lowest BCUT2D eigenvalue weighted by Gasteiger charge is -2.30.